The van der Waals surface area contributed by atoms with Crippen molar-refractivity contribution >= 4 is 6.03 Å². The van der Waals surface area contributed by atoms with Gasteiger partial charge in [-0.25, -0.2) is 13.6 Å². The molecule has 132 valence electrons. The number of fused-ring (bicyclic) bond motifs is 1. The Morgan fingerprint density at radius 2 is 2.04 bits per heavy atom. The number of benzene rings is 2. The van der Waals surface area contributed by atoms with Gasteiger partial charge in [0.05, 0.1) is 12.6 Å². The highest BCUT2D eigenvalue weighted by Crippen LogP contribution is 2.29. The Hall–Kier alpha value is -2.47. The Labute approximate surface area is 145 Å². The molecule has 25 heavy (non-hydrogen) atoms. The van der Waals surface area contributed by atoms with Crippen LogP contribution in [0.15, 0.2) is 42.5 Å². The summed E-state index contributed by atoms with van der Waals surface area (Å²) in [5.74, 6) is -1.24. The number of nitrogens with zero attached hydrogens (tertiary/aromatic N) is 1. The molecule has 6 heteroatoms. The van der Waals surface area contributed by atoms with Gasteiger partial charge >= 0.3 is 6.03 Å². The molecule has 1 unspecified atom stereocenters. The number of aliphatic hydroxyl groups excluding tert-OH is 1. The molecule has 0 aliphatic carbocycles. The van der Waals surface area contributed by atoms with Gasteiger partial charge in [-0.3, -0.25) is 0 Å². The molecule has 4 nitrogen and oxygen atoms in total. The highest BCUT2D eigenvalue weighted by molar-refractivity contribution is 5.75. The highest BCUT2D eigenvalue weighted by atomic mass is 19.1. The fourth-order valence-electron chi connectivity index (χ4n) is 3.22. The summed E-state index contributed by atoms with van der Waals surface area (Å²) in [6.45, 7) is 0.591. The molecule has 3 rings (SSSR count). The molecule has 2 N–H and O–H groups in total. The van der Waals surface area contributed by atoms with Gasteiger partial charge in [-0.15, -0.1) is 0 Å². The number of aliphatic hydroxyl groups is 1. The van der Waals surface area contributed by atoms with Gasteiger partial charge in [-0.2, -0.15) is 0 Å². The number of rotatable bonds is 4. The number of hydrogen-bond donors (Lipinski definition) is 2. The average Bonchev–Trinajstić information content (AvgIpc) is 2.62. The van der Waals surface area contributed by atoms with E-state index in [0.717, 1.165) is 23.6 Å². The molecule has 0 aromatic heterocycles. The second kappa shape index (κ2) is 7.61. The molecule has 0 saturated carbocycles. The fourth-order valence-corrected chi connectivity index (χ4v) is 3.22. The maximum absolute atomic E-state index is 13.6. The predicted octanol–water partition coefficient (Wildman–Crippen LogP) is 2.81. The molecule has 0 bridgehead atoms. The molecular weight excluding hydrogens is 326 g/mol. The third-order valence-corrected chi connectivity index (χ3v) is 4.53. The van der Waals surface area contributed by atoms with Gasteiger partial charge in [-0.1, -0.05) is 30.3 Å². The van der Waals surface area contributed by atoms with E-state index >= 15 is 0 Å². The molecule has 1 atom stereocenters. The van der Waals surface area contributed by atoms with E-state index in [-0.39, 0.29) is 31.6 Å². The van der Waals surface area contributed by atoms with Gasteiger partial charge in [0.1, 0.15) is 11.6 Å². The van der Waals surface area contributed by atoms with Crippen molar-refractivity contribution < 1.29 is 18.7 Å². The van der Waals surface area contributed by atoms with Crippen LogP contribution in [-0.2, 0) is 12.8 Å². The number of halogens is 2. The van der Waals surface area contributed by atoms with Gasteiger partial charge in [0.25, 0.3) is 0 Å². The van der Waals surface area contributed by atoms with Crippen LogP contribution in [0.2, 0.25) is 0 Å². The Kier molecular flexibility index (Phi) is 5.28. The summed E-state index contributed by atoms with van der Waals surface area (Å²) < 4.78 is 26.5. The third-order valence-electron chi connectivity index (χ3n) is 4.53. The van der Waals surface area contributed by atoms with Crippen molar-refractivity contribution in [3.8, 4) is 0 Å². The molecule has 2 amide bonds. The average molecular weight is 346 g/mol. The molecule has 1 aliphatic rings. The zero-order chi connectivity index (χ0) is 17.8. The summed E-state index contributed by atoms with van der Waals surface area (Å²) in [5, 5.41) is 12.5. The molecule has 1 heterocycles. The topological polar surface area (TPSA) is 52.6 Å². The van der Waals surface area contributed by atoms with Crippen molar-refractivity contribution in [3.63, 3.8) is 0 Å². The van der Waals surface area contributed by atoms with E-state index in [2.05, 4.69) is 5.32 Å². The molecule has 2 aromatic carbocycles. The molecule has 0 saturated heterocycles. The Morgan fingerprint density at radius 3 is 2.80 bits per heavy atom. The van der Waals surface area contributed by atoms with Gasteiger partial charge < -0.3 is 15.3 Å². The quantitative estimate of drug-likeness (QED) is 0.894. The first-order valence-electron chi connectivity index (χ1n) is 8.27. The number of hydrogen-bond acceptors (Lipinski definition) is 2. The van der Waals surface area contributed by atoms with Crippen molar-refractivity contribution in [2.24, 2.45) is 0 Å². The maximum atomic E-state index is 13.6. The highest BCUT2D eigenvalue weighted by Gasteiger charge is 2.29. The number of urea groups is 1. The van der Waals surface area contributed by atoms with E-state index in [4.69, 9.17) is 0 Å². The summed E-state index contributed by atoms with van der Waals surface area (Å²) in [7, 11) is 0. The van der Waals surface area contributed by atoms with Crippen LogP contribution in [0.1, 0.15) is 22.7 Å². The van der Waals surface area contributed by atoms with Gasteiger partial charge in [0.15, 0.2) is 0 Å². The Bertz CT molecular complexity index is 767. The monoisotopic (exact) mass is 346 g/mol. The second-order valence-corrected chi connectivity index (χ2v) is 6.06. The first kappa shape index (κ1) is 17.4. The Balaban J connectivity index is 1.61. The van der Waals surface area contributed by atoms with Gasteiger partial charge in [0, 0.05) is 19.2 Å². The zero-order valence-corrected chi connectivity index (χ0v) is 13.7. The molecule has 0 fully saturated rings. The standard InChI is InChI=1S/C19H20F2N2O2/c20-15-6-5-14(17(21)11-15)7-9-22-19(25)23-10-8-13-3-1-2-4-16(13)18(23)12-24/h1-6,11,18,24H,7-10,12H2,(H,22,25). The van der Waals surface area contributed by atoms with Crippen LogP contribution in [-0.4, -0.2) is 35.7 Å². The summed E-state index contributed by atoms with van der Waals surface area (Å²) >= 11 is 0. The smallest absolute Gasteiger partial charge is 0.318 e. The van der Waals surface area contributed by atoms with Crippen molar-refractivity contribution in [1.29, 1.82) is 0 Å². The van der Waals surface area contributed by atoms with E-state index in [1.165, 1.54) is 12.1 Å². The summed E-state index contributed by atoms with van der Waals surface area (Å²) in [6.07, 6.45) is 0.999. The van der Waals surface area contributed by atoms with Crippen LogP contribution in [0.4, 0.5) is 13.6 Å². The maximum Gasteiger partial charge on any atom is 0.318 e. The number of amides is 2. The molecular formula is C19H20F2N2O2. The lowest BCUT2D eigenvalue weighted by Crippen LogP contribution is -2.47. The van der Waals surface area contributed by atoms with E-state index < -0.39 is 11.6 Å². The van der Waals surface area contributed by atoms with E-state index in [9.17, 15) is 18.7 Å². The van der Waals surface area contributed by atoms with Crippen LogP contribution in [0, 0.1) is 11.6 Å². The largest absolute Gasteiger partial charge is 0.394 e. The summed E-state index contributed by atoms with van der Waals surface area (Å²) in [5.41, 5.74) is 2.44. The molecule has 1 aliphatic heterocycles. The van der Waals surface area contributed by atoms with E-state index in [1.54, 1.807) is 4.90 Å². The zero-order valence-electron chi connectivity index (χ0n) is 13.7. The fraction of sp³-hybridized carbons (Fsp3) is 0.316. The Morgan fingerprint density at radius 1 is 1.24 bits per heavy atom. The lowest BCUT2D eigenvalue weighted by molar-refractivity contribution is 0.127. The van der Waals surface area contributed by atoms with Crippen LogP contribution in [0.5, 0.6) is 0 Å². The minimum absolute atomic E-state index is 0.156. The van der Waals surface area contributed by atoms with E-state index in [0.29, 0.717) is 12.1 Å². The van der Waals surface area contributed by atoms with Crippen LogP contribution < -0.4 is 5.32 Å². The predicted molar refractivity (Wildman–Crippen MR) is 90.1 cm³/mol. The minimum atomic E-state index is -0.622. The van der Waals surface area contributed by atoms with Crippen molar-refractivity contribution in [2.45, 2.75) is 18.9 Å². The number of nitrogens with one attached hydrogen (secondary N) is 1. The second-order valence-electron chi connectivity index (χ2n) is 6.06. The molecule has 2 aromatic rings. The SMILES string of the molecule is O=C(NCCc1ccc(F)cc1F)N1CCc2ccccc2C1CO. The normalized spacial score (nSPS) is 16.4. The summed E-state index contributed by atoms with van der Waals surface area (Å²) in [6, 6.07) is 10.5. The molecule has 0 radical (unpaired) electrons. The molecule has 0 spiro atoms. The number of carbonyl (C=O) groups excluding carboxylic acids is 1. The van der Waals surface area contributed by atoms with Crippen molar-refractivity contribution in [2.75, 3.05) is 19.7 Å². The lowest BCUT2D eigenvalue weighted by atomic mass is 9.93. The minimum Gasteiger partial charge on any atom is -0.394 e. The van der Waals surface area contributed by atoms with Crippen molar-refractivity contribution in [3.05, 3.63) is 70.8 Å². The number of carbonyl (C=O) groups is 1. The van der Waals surface area contributed by atoms with Gasteiger partial charge in [0.2, 0.25) is 0 Å². The van der Waals surface area contributed by atoms with Crippen LogP contribution in [0.25, 0.3) is 0 Å². The van der Waals surface area contributed by atoms with E-state index in [1.807, 2.05) is 24.3 Å². The first-order chi connectivity index (χ1) is 12.1. The lowest BCUT2D eigenvalue weighted by Gasteiger charge is -2.36. The van der Waals surface area contributed by atoms with Crippen LogP contribution in [0.3, 0.4) is 0 Å². The first-order valence-corrected chi connectivity index (χ1v) is 8.27. The van der Waals surface area contributed by atoms with Crippen LogP contribution >= 0.6 is 0 Å². The van der Waals surface area contributed by atoms with Gasteiger partial charge in [-0.05, 0) is 35.6 Å². The third kappa shape index (κ3) is 3.79. The van der Waals surface area contributed by atoms with Crippen molar-refractivity contribution in [1.82, 2.24) is 10.2 Å². The summed E-state index contributed by atoms with van der Waals surface area (Å²) in [4.78, 5) is 14.1.